The molecule has 0 radical (unpaired) electrons. The molecule has 0 aromatic heterocycles. The van der Waals surface area contributed by atoms with Crippen LogP contribution in [0, 0.1) is 16.2 Å². The molecule has 0 aliphatic heterocycles. The van der Waals surface area contributed by atoms with Gasteiger partial charge in [-0.1, -0.05) is 36.4 Å². The number of aliphatic imine (C=N–C) groups is 1. The number of methoxy groups -OCH3 is 1. The first-order valence-electron chi connectivity index (χ1n) is 10.4. The molecular weight excluding hydrogens is 456 g/mol. The maximum Gasteiger partial charge on any atom is 0.162 e. The number of nitrogens with two attached hydrogens (primary N) is 2. The van der Waals surface area contributed by atoms with E-state index in [9.17, 15) is 5.11 Å². The Morgan fingerprint density at radius 2 is 1.58 bits per heavy atom. The van der Waals surface area contributed by atoms with Crippen molar-refractivity contribution in [3.8, 4) is 16.9 Å². The number of hydrogen-bond donors (Lipinski definition) is 6. The average molecular weight is 487 g/mol. The van der Waals surface area contributed by atoms with Crippen LogP contribution in [-0.4, -0.2) is 38.9 Å². The highest BCUT2D eigenvalue weighted by molar-refractivity contribution is 8.26. The van der Waals surface area contributed by atoms with Gasteiger partial charge in [-0.2, -0.15) is 0 Å². The van der Waals surface area contributed by atoms with Crippen molar-refractivity contribution >= 4 is 43.9 Å². The molecule has 8 nitrogen and oxygen atoms in total. The summed E-state index contributed by atoms with van der Waals surface area (Å²) in [5, 5.41) is 34.0. The van der Waals surface area contributed by atoms with Crippen molar-refractivity contribution in [1.29, 1.82) is 16.2 Å². The van der Waals surface area contributed by atoms with E-state index in [0.717, 1.165) is 58.8 Å². The molecule has 176 valence electrons. The minimum Gasteiger partial charge on any atom is -0.497 e. The van der Waals surface area contributed by atoms with E-state index in [1.54, 1.807) is 7.11 Å². The lowest BCUT2D eigenvalue weighted by atomic mass is 10.0. The zero-order valence-corrected chi connectivity index (χ0v) is 20.1. The first kappa shape index (κ1) is 26.4. The van der Waals surface area contributed by atoms with E-state index in [0.29, 0.717) is 29.3 Å². The van der Waals surface area contributed by atoms with Gasteiger partial charge < -0.3 is 21.3 Å². The highest BCUT2D eigenvalue weighted by atomic mass is 32.2. The average Bonchev–Trinajstić information content (AvgIpc) is 2.76. The lowest BCUT2D eigenvalue weighted by molar-refractivity contribution is 0.185. The summed E-state index contributed by atoms with van der Waals surface area (Å²) in [6.45, 7) is 0. The Hall–Kier alpha value is -2.82. The molecule has 0 fully saturated rings. The molecule has 0 heterocycles. The number of ether oxygens (including phenoxy) is 1. The van der Waals surface area contributed by atoms with Gasteiger partial charge in [0.05, 0.1) is 17.2 Å². The third-order valence-corrected chi connectivity index (χ3v) is 5.98. The van der Waals surface area contributed by atoms with E-state index >= 15 is 0 Å². The summed E-state index contributed by atoms with van der Waals surface area (Å²) < 4.78 is 5.29. The molecule has 0 amide bonds. The number of aliphatic hydroxyl groups excluding tert-OH is 1. The van der Waals surface area contributed by atoms with Crippen LogP contribution in [0.2, 0.25) is 0 Å². The number of nitrogens with zero attached hydrogens (tertiary/aromatic N) is 1. The summed E-state index contributed by atoms with van der Waals surface area (Å²) in [5.41, 5.74) is 14.1. The van der Waals surface area contributed by atoms with Gasteiger partial charge in [0.1, 0.15) is 5.75 Å². The molecule has 10 heteroatoms. The summed E-state index contributed by atoms with van der Waals surface area (Å²) in [4.78, 5) is 4.11. The van der Waals surface area contributed by atoms with Crippen molar-refractivity contribution in [3.05, 3.63) is 54.1 Å². The lowest BCUT2D eigenvalue weighted by Crippen LogP contribution is -2.17. The molecule has 0 aliphatic rings. The van der Waals surface area contributed by atoms with E-state index in [4.69, 9.17) is 32.4 Å². The van der Waals surface area contributed by atoms with E-state index < -0.39 is 6.23 Å². The number of hydrogen-bond acceptors (Lipinski definition) is 8. The fourth-order valence-corrected chi connectivity index (χ4v) is 4.23. The van der Waals surface area contributed by atoms with Crippen LogP contribution in [0.5, 0.6) is 5.75 Å². The smallest absolute Gasteiger partial charge is 0.162 e. The molecule has 2 rings (SSSR count). The topological polar surface area (TPSA) is 165 Å². The monoisotopic (exact) mass is 486 g/mol. The molecule has 8 N–H and O–H groups in total. The van der Waals surface area contributed by atoms with Crippen molar-refractivity contribution in [2.75, 3.05) is 7.11 Å². The summed E-state index contributed by atoms with van der Waals surface area (Å²) in [6.07, 6.45) is 1.79. The van der Waals surface area contributed by atoms with Crippen molar-refractivity contribution in [1.82, 2.24) is 0 Å². The maximum absolute atomic E-state index is 10.4. The SMILES string of the molecule is COc1cccc(-c2cccc(CC(O)N=C(N)SC(=N)CCCCC(=N)SC(=N)N)c2)c1. The third kappa shape index (κ3) is 10.1. The van der Waals surface area contributed by atoms with Crippen LogP contribution in [0.1, 0.15) is 31.2 Å². The van der Waals surface area contributed by atoms with Crippen LogP contribution in [0.4, 0.5) is 0 Å². The summed E-state index contributed by atoms with van der Waals surface area (Å²) in [6, 6.07) is 15.6. The Labute approximate surface area is 202 Å². The molecule has 0 spiro atoms. The second kappa shape index (κ2) is 13.7. The van der Waals surface area contributed by atoms with Gasteiger partial charge in [-0.05, 0) is 78.0 Å². The molecule has 0 saturated heterocycles. The molecule has 2 aromatic carbocycles. The van der Waals surface area contributed by atoms with Gasteiger partial charge >= 0.3 is 0 Å². The summed E-state index contributed by atoms with van der Waals surface area (Å²) in [5.74, 6) is 0.781. The lowest BCUT2D eigenvalue weighted by Gasteiger charge is -2.10. The van der Waals surface area contributed by atoms with Crippen LogP contribution in [0.3, 0.4) is 0 Å². The Balaban J connectivity index is 1.83. The fourth-order valence-electron chi connectivity index (χ4n) is 3.04. The molecule has 0 aliphatic carbocycles. The molecular formula is C23H30N6O2S2. The Bertz CT molecular complexity index is 1010. The van der Waals surface area contributed by atoms with E-state index in [-0.39, 0.29) is 10.3 Å². The number of rotatable bonds is 10. The highest BCUT2D eigenvalue weighted by Gasteiger charge is 2.09. The number of aliphatic hydroxyl groups is 1. The van der Waals surface area contributed by atoms with Crippen LogP contribution < -0.4 is 16.2 Å². The second-order valence-electron chi connectivity index (χ2n) is 7.21. The second-order valence-corrected chi connectivity index (χ2v) is 9.46. The van der Waals surface area contributed by atoms with Crippen molar-refractivity contribution in [2.24, 2.45) is 16.5 Å². The number of unbranched alkanes of at least 4 members (excludes halogenated alkanes) is 1. The van der Waals surface area contributed by atoms with Crippen molar-refractivity contribution in [2.45, 2.75) is 38.3 Å². The molecule has 0 saturated carbocycles. The van der Waals surface area contributed by atoms with Crippen LogP contribution >= 0.6 is 23.5 Å². The first-order chi connectivity index (χ1) is 15.8. The molecule has 1 atom stereocenters. The largest absolute Gasteiger partial charge is 0.497 e. The maximum atomic E-state index is 10.4. The quantitative estimate of drug-likeness (QED) is 0.165. The molecule has 0 bridgehead atoms. The predicted molar refractivity (Wildman–Crippen MR) is 141 cm³/mol. The van der Waals surface area contributed by atoms with Crippen molar-refractivity contribution in [3.63, 3.8) is 0 Å². The Kier molecular flexibility index (Phi) is 10.9. The normalized spacial score (nSPS) is 12.2. The fraction of sp³-hybridized carbons (Fsp3) is 0.304. The van der Waals surface area contributed by atoms with Crippen LogP contribution in [0.15, 0.2) is 53.5 Å². The van der Waals surface area contributed by atoms with Gasteiger partial charge in [0.2, 0.25) is 0 Å². The standard InChI is InChI=1S/C23H30N6O2S2/c1-31-18-9-5-8-17(14-18)16-7-4-6-15(12-16)13-21(30)29-23(28)33-20(25)11-3-2-10-19(24)32-22(26)27/h4-9,12,14,21,24-25,30H,2-3,10-11,13H2,1H3,(H3,26,27)(H2,28,29). The zero-order valence-electron chi connectivity index (χ0n) is 18.5. The van der Waals surface area contributed by atoms with Gasteiger partial charge in [-0.15, -0.1) is 0 Å². The van der Waals surface area contributed by atoms with Gasteiger partial charge in [0.15, 0.2) is 16.6 Å². The Morgan fingerprint density at radius 3 is 2.21 bits per heavy atom. The van der Waals surface area contributed by atoms with E-state index in [1.165, 1.54) is 0 Å². The molecule has 33 heavy (non-hydrogen) atoms. The van der Waals surface area contributed by atoms with Gasteiger partial charge in [0.25, 0.3) is 0 Å². The van der Waals surface area contributed by atoms with Crippen LogP contribution in [0.25, 0.3) is 11.1 Å². The zero-order chi connectivity index (χ0) is 24.2. The van der Waals surface area contributed by atoms with Crippen molar-refractivity contribution < 1.29 is 9.84 Å². The third-order valence-electron chi connectivity index (χ3n) is 4.54. The van der Waals surface area contributed by atoms with Gasteiger partial charge in [-0.3, -0.25) is 16.2 Å². The van der Waals surface area contributed by atoms with Gasteiger partial charge in [0, 0.05) is 6.42 Å². The number of benzene rings is 2. The first-order valence-corrected chi connectivity index (χ1v) is 12.0. The van der Waals surface area contributed by atoms with E-state index in [2.05, 4.69) is 4.99 Å². The number of nitrogens with one attached hydrogen (secondary N) is 3. The predicted octanol–water partition coefficient (Wildman–Crippen LogP) is 4.41. The number of thioether (sulfide) groups is 2. The minimum absolute atomic E-state index is 0.0853. The van der Waals surface area contributed by atoms with Crippen LogP contribution in [-0.2, 0) is 6.42 Å². The molecule has 2 aromatic rings. The molecule has 1 unspecified atom stereocenters. The highest BCUT2D eigenvalue weighted by Crippen LogP contribution is 2.25. The van der Waals surface area contributed by atoms with Gasteiger partial charge in [-0.25, -0.2) is 4.99 Å². The minimum atomic E-state index is -1.00. The summed E-state index contributed by atoms with van der Waals surface area (Å²) in [7, 11) is 1.63. The summed E-state index contributed by atoms with van der Waals surface area (Å²) >= 11 is 1.98. The Morgan fingerprint density at radius 1 is 0.970 bits per heavy atom. The van der Waals surface area contributed by atoms with E-state index in [1.807, 2.05) is 48.5 Å². The number of amidine groups is 2.